The van der Waals surface area contributed by atoms with Gasteiger partial charge in [0.05, 0.1) is 10.0 Å². The van der Waals surface area contributed by atoms with Crippen molar-refractivity contribution < 1.29 is 4.39 Å². The van der Waals surface area contributed by atoms with Crippen molar-refractivity contribution in [3.05, 3.63) is 46.2 Å². The number of benzene rings is 2. The summed E-state index contributed by atoms with van der Waals surface area (Å²) in [5.74, 6) is -0.454. The molecule has 2 aromatic carbocycles. The SMILES string of the molecule is Fc1c(Cl)c(Cl)cc2ccccc12. The van der Waals surface area contributed by atoms with Crippen molar-refractivity contribution in [2.24, 2.45) is 0 Å². The van der Waals surface area contributed by atoms with Crippen LogP contribution in [0.5, 0.6) is 0 Å². The Balaban J connectivity index is 2.94. The molecule has 0 saturated carbocycles. The second-order valence-electron chi connectivity index (χ2n) is 2.71. The zero-order chi connectivity index (χ0) is 9.42. The molecule has 0 N–H and O–H groups in total. The highest BCUT2D eigenvalue weighted by Crippen LogP contribution is 2.31. The average molecular weight is 215 g/mol. The third-order valence-corrected chi connectivity index (χ3v) is 2.65. The zero-order valence-electron chi connectivity index (χ0n) is 6.52. The lowest BCUT2D eigenvalue weighted by molar-refractivity contribution is 0.640. The Kier molecular flexibility index (Phi) is 2.14. The fourth-order valence-corrected chi connectivity index (χ4v) is 1.60. The first-order valence-electron chi connectivity index (χ1n) is 3.72. The van der Waals surface area contributed by atoms with Crippen LogP contribution in [0.2, 0.25) is 10.0 Å². The Morgan fingerprint density at radius 3 is 2.54 bits per heavy atom. The molecule has 0 fully saturated rings. The van der Waals surface area contributed by atoms with Gasteiger partial charge >= 0.3 is 0 Å². The molecule has 0 bridgehead atoms. The van der Waals surface area contributed by atoms with E-state index in [0.717, 1.165) is 5.39 Å². The fourth-order valence-electron chi connectivity index (χ4n) is 1.25. The van der Waals surface area contributed by atoms with Gasteiger partial charge in [0, 0.05) is 5.39 Å². The van der Waals surface area contributed by atoms with Gasteiger partial charge in [0.15, 0.2) is 5.82 Å². The van der Waals surface area contributed by atoms with Gasteiger partial charge in [-0.25, -0.2) is 4.39 Å². The van der Waals surface area contributed by atoms with Crippen molar-refractivity contribution in [2.75, 3.05) is 0 Å². The summed E-state index contributed by atoms with van der Waals surface area (Å²) in [5.41, 5.74) is 0. The van der Waals surface area contributed by atoms with Crippen molar-refractivity contribution in [2.45, 2.75) is 0 Å². The van der Waals surface area contributed by atoms with Crippen LogP contribution in [-0.4, -0.2) is 0 Å². The number of rotatable bonds is 0. The Labute approximate surface area is 84.9 Å². The number of hydrogen-bond acceptors (Lipinski definition) is 0. The third kappa shape index (κ3) is 1.38. The van der Waals surface area contributed by atoms with E-state index in [2.05, 4.69) is 0 Å². The van der Waals surface area contributed by atoms with Crippen molar-refractivity contribution in [3.63, 3.8) is 0 Å². The molecule has 0 spiro atoms. The van der Waals surface area contributed by atoms with Crippen LogP contribution in [0.15, 0.2) is 30.3 Å². The Morgan fingerprint density at radius 2 is 1.77 bits per heavy atom. The lowest BCUT2D eigenvalue weighted by Gasteiger charge is -2.02. The predicted octanol–water partition coefficient (Wildman–Crippen LogP) is 4.29. The predicted molar refractivity (Wildman–Crippen MR) is 53.9 cm³/mol. The smallest absolute Gasteiger partial charge is 0.151 e. The largest absolute Gasteiger partial charge is 0.205 e. The summed E-state index contributed by atoms with van der Waals surface area (Å²) in [7, 11) is 0. The molecule has 0 heterocycles. The highest BCUT2D eigenvalue weighted by atomic mass is 35.5. The quantitative estimate of drug-likeness (QED) is 0.575. The molecule has 0 aliphatic rings. The maximum Gasteiger partial charge on any atom is 0.151 e. The van der Waals surface area contributed by atoms with Gasteiger partial charge in [0.25, 0.3) is 0 Å². The van der Waals surface area contributed by atoms with Crippen molar-refractivity contribution in [1.29, 1.82) is 0 Å². The van der Waals surface area contributed by atoms with E-state index in [1.807, 2.05) is 6.07 Å². The van der Waals surface area contributed by atoms with Crippen LogP contribution in [0, 0.1) is 5.82 Å². The molecule has 2 rings (SSSR count). The van der Waals surface area contributed by atoms with Crippen LogP contribution < -0.4 is 0 Å². The maximum absolute atomic E-state index is 13.4. The van der Waals surface area contributed by atoms with Gasteiger partial charge in [-0.15, -0.1) is 0 Å². The second kappa shape index (κ2) is 3.17. The lowest BCUT2D eigenvalue weighted by Crippen LogP contribution is -1.82. The summed E-state index contributed by atoms with van der Waals surface area (Å²) in [5, 5.41) is 1.49. The van der Waals surface area contributed by atoms with Crippen molar-refractivity contribution >= 4 is 34.0 Å². The van der Waals surface area contributed by atoms with Gasteiger partial charge < -0.3 is 0 Å². The highest BCUT2D eigenvalue weighted by molar-refractivity contribution is 6.42. The summed E-state index contributed by atoms with van der Waals surface area (Å²) in [6.45, 7) is 0. The van der Waals surface area contributed by atoms with E-state index in [1.54, 1.807) is 24.3 Å². The van der Waals surface area contributed by atoms with Crippen molar-refractivity contribution in [3.8, 4) is 0 Å². The monoisotopic (exact) mass is 214 g/mol. The first-order valence-corrected chi connectivity index (χ1v) is 4.48. The number of fused-ring (bicyclic) bond motifs is 1. The first-order chi connectivity index (χ1) is 6.20. The average Bonchev–Trinajstić information content (AvgIpc) is 2.15. The molecule has 0 nitrogen and oxygen atoms in total. The van der Waals surface area contributed by atoms with E-state index in [4.69, 9.17) is 23.2 Å². The minimum absolute atomic E-state index is 0.0135. The van der Waals surface area contributed by atoms with Gasteiger partial charge in [-0.3, -0.25) is 0 Å². The zero-order valence-corrected chi connectivity index (χ0v) is 8.03. The normalized spacial score (nSPS) is 10.7. The van der Waals surface area contributed by atoms with Crippen LogP contribution in [0.3, 0.4) is 0 Å². The summed E-state index contributed by atoms with van der Waals surface area (Å²) in [6, 6.07) is 8.71. The molecule has 0 amide bonds. The van der Waals surface area contributed by atoms with E-state index in [9.17, 15) is 4.39 Å². The van der Waals surface area contributed by atoms with Gasteiger partial charge in [0.1, 0.15) is 0 Å². The Hall–Kier alpha value is -0.790. The second-order valence-corrected chi connectivity index (χ2v) is 3.49. The molecule has 0 aliphatic heterocycles. The molecule has 2 aromatic rings. The van der Waals surface area contributed by atoms with Crippen LogP contribution in [0.1, 0.15) is 0 Å². The highest BCUT2D eigenvalue weighted by Gasteiger charge is 2.08. The molecular formula is C10H5Cl2F. The topological polar surface area (TPSA) is 0 Å². The van der Waals surface area contributed by atoms with Crippen LogP contribution in [0.4, 0.5) is 4.39 Å². The van der Waals surface area contributed by atoms with Crippen LogP contribution in [-0.2, 0) is 0 Å². The van der Waals surface area contributed by atoms with Crippen LogP contribution >= 0.6 is 23.2 Å². The van der Waals surface area contributed by atoms with Crippen LogP contribution in [0.25, 0.3) is 10.8 Å². The summed E-state index contributed by atoms with van der Waals surface area (Å²) < 4.78 is 13.4. The van der Waals surface area contributed by atoms with E-state index in [0.29, 0.717) is 5.39 Å². The number of hydrogen-bond donors (Lipinski definition) is 0. The molecular weight excluding hydrogens is 210 g/mol. The molecule has 0 radical (unpaired) electrons. The summed E-state index contributed by atoms with van der Waals surface area (Å²) in [6.07, 6.45) is 0. The standard InChI is InChI=1S/C10H5Cl2F/c11-8-5-6-3-1-2-4-7(6)10(13)9(8)12/h1-5H. The molecule has 0 saturated heterocycles. The lowest BCUT2D eigenvalue weighted by atomic mass is 10.1. The van der Waals surface area contributed by atoms with Gasteiger partial charge in [-0.05, 0) is 11.5 Å². The molecule has 66 valence electrons. The molecule has 3 heteroatoms. The minimum atomic E-state index is -0.454. The molecule has 0 atom stereocenters. The van der Waals surface area contributed by atoms with E-state index >= 15 is 0 Å². The summed E-state index contributed by atoms with van der Waals surface area (Å²) in [4.78, 5) is 0. The van der Waals surface area contributed by atoms with Gasteiger partial charge in [-0.1, -0.05) is 47.5 Å². The van der Waals surface area contributed by atoms with E-state index < -0.39 is 5.82 Å². The molecule has 0 aliphatic carbocycles. The molecule has 0 unspecified atom stereocenters. The first kappa shape index (κ1) is 8.79. The minimum Gasteiger partial charge on any atom is -0.205 e. The van der Waals surface area contributed by atoms with Gasteiger partial charge in [-0.2, -0.15) is 0 Å². The molecule has 0 aromatic heterocycles. The fraction of sp³-hybridized carbons (Fsp3) is 0. The van der Waals surface area contributed by atoms with Crippen molar-refractivity contribution in [1.82, 2.24) is 0 Å². The number of halogens is 3. The Bertz CT molecular complexity index is 466. The third-order valence-electron chi connectivity index (χ3n) is 1.88. The van der Waals surface area contributed by atoms with E-state index in [-0.39, 0.29) is 10.0 Å². The van der Waals surface area contributed by atoms with E-state index in [1.165, 1.54) is 0 Å². The van der Waals surface area contributed by atoms with Gasteiger partial charge in [0.2, 0.25) is 0 Å². The maximum atomic E-state index is 13.4. The molecule has 13 heavy (non-hydrogen) atoms. The summed E-state index contributed by atoms with van der Waals surface area (Å²) >= 11 is 11.4. The Morgan fingerprint density at radius 1 is 1.08 bits per heavy atom.